The molecule has 6 heteroatoms. The molecule has 2 aromatic carbocycles. The van der Waals surface area contributed by atoms with E-state index in [4.69, 9.17) is 15.9 Å². The number of terminal acetylenes is 1. The van der Waals surface area contributed by atoms with Crippen molar-refractivity contribution < 1.29 is 14.3 Å². The number of rotatable bonds is 6. The second-order valence-corrected chi connectivity index (χ2v) is 6.42. The molecule has 0 aliphatic heterocycles. The van der Waals surface area contributed by atoms with Gasteiger partial charge in [0.2, 0.25) is 0 Å². The Morgan fingerprint density at radius 3 is 2.63 bits per heavy atom. The van der Waals surface area contributed by atoms with Gasteiger partial charge in [-0.15, -0.1) is 6.42 Å². The molecule has 0 bridgehead atoms. The monoisotopic (exact) mass is 424 g/mol. The Kier molecular flexibility index (Phi) is 7.05. The van der Waals surface area contributed by atoms with Crippen molar-refractivity contribution in [3.05, 3.63) is 57.6 Å². The van der Waals surface area contributed by atoms with E-state index in [-0.39, 0.29) is 12.2 Å². The van der Waals surface area contributed by atoms with E-state index < -0.39 is 5.91 Å². The molecule has 0 aromatic heterocycles. The lowest BCUT2D eigenvalue weighted by molar-refractivity contribution is -0.112. The minimum atomic E-state index is -0.525. The molecule has 1 N–H and O–H groups in total. The van der Waals surface area contributed by atoms with Crippen molar-refractivity contribution in [3.8, 4) is 29.9 Å². The molecule has 2 aromatic rings. The molecule has 27 heavy (non-hydrogen) atoms. The van der Waals surface area contributed by atoms with Gasteiger partial charge in [-0.1, -0.05) is 39.5 Å². The smallest absolute Gasteiger partial charge is 0.266 e. The van der Waals surface area contributed by atoms with E-state index in [1.807, 2.05) is 25.1 Å². The van der Waals surface area contributed by atoms with Crippen LogP contribution in [0.25, 0.3) is 6.08 Å². The van der Waals surface area contributed by atoms with Crippen LogP contribution in [0.5, 0.6) is 11.5 Å². The number of anilines is 1. The molecule has 136 valence electrons. The second-order valence-electron chi connectivity index (χ2n) is 5.51. The number of carbonyl (C=O) groups is 1. The fraction of sp³-hybridized carbons (Fsp3) is 0.143. The predicted molar refractivity (Wildman–Crippen MR) is 108 cm³/mol. The summed E-state index contributed by atoms with van der Waals surface area (Å²) in [5.41, 5.74) is 2.08. The molecule has 0 saturated carbocycles. The van der Waals surface area contributed by atoms with E-state index in [9.17, 15) is 10.1 Å². The number of nitrogens with one attached hydrogen (secondary N) is 1. The number of ether oxygens (including phenoxy) is 2. The number of hydrogen-bond acceptors (Lipinski definition) is 4. The van der Waals surface area contributed by atoms with Crippen LogP contribution in [0.3, 0.4) is 0 Å². The number of amides is 1. The van der Waals surface area contributed by atoms with Gasteiger partial charge in [-0.2, -0.15) is 5.26 Å². The minimum absolute atomic E-state index is 0.0241. The van der Waals surface area contributed by atoms with E-state index in [1.165, 1.54) is 13.2 Å². The summed E-state index contributed by atoms with van der Waals surface area (Å²) >= 11 is 3.38. The SMILES string of the molecule is C#CCOc1c(/C=C(\C#N)C(=O)Nc2ccc(C)cc2)cc(Br)cc1OC. The number of hydrogen-bond donors (Lipinski definition) is 1. The summed E-state index contributed by atoms with van der Waals surface area (Å²) in [6, 6.07) is 12.6. The van der Waals surface area contributed by atoms with Gasteiger partial charge in [0.15, 0.2) is 11.5 Å². The van der Waals surface area contributed by atoms with Crippen molar-refractivity contribution >= 4 is 33.6 Å². The molecule has 0 atom stereocenters. The number of aryl methyl sites for hydroxylation is 1. The number of nitrogens with zero attached hydrogens (tertiary/aromatic N) is 1. The van der Waals surface area contributed by atoms with Crippen LogP contribution >= 0.6 is 15.9 Å². The second kappa shape index (κ2) is 9.47. The standard InChI is InChI=1S/C21H17BrN2O3/c1-4-9-27-20-15(11-17(22)12-19(20)26-3)10-16(13-23)21(25)24-18-7-5-14(2)6-8-18/h1,5-8,10-12H,9H2,2-3H3,(H,24,25)/b16-10+. The van der Waals surface area contributed by atoms with Crippen molar-refractivity contribution in [3.63, 3.8) is 0 Å². The first-order chi connectivity index (χ1) is 13.0. The highest BCUT2D eigenvalue weighted by atomic mass is 79.9. The van der Waals surface area contributed by atoms with E-state index in [1.54, 1.807) is 24.3 Å². The molecule has 0 saturated heterocycles. The summed E-state index contributed by atoms with van der Waals surface area (Å²) in [6.45, 7) is 1.97. The largest absolute Gasteiger partial charge is 0.493 e. The molecule has 0 spiro atoms. The Bertz CT molecular complexity index is 951. The number of carbonyl (C=O) groups excluding carboxylic acids is 1. The van der Waals surface area contributed by atoms with Gasteiger partial charge in [0.05, 0.1) is 7.11 Å². The van der Waals surface area contributed by atoms with Gasteiger partial charge in [0.1, 0.15) is 18.2 Å². The van der Waals surface area contributed by atoms with E-state index in [0.29, 0.717) is 27.2 Å². The summed E-state index contributed by atoms with van der Waals surface area (Å²) in [5.74, 6) is 2.65. The van der Waals surface area contributed by atoms with E-state index in [0.717, 1.165) is 5.56 Å². The van der Waals surface area contributed by atoms with Gasteiger partial charge in [-0.3, -0.25) is 4.79 Å². The lowest BCUT2D eigenvalue weighted by Gasteiger charge is -2.13. The first-order valence-corrected chi connectivity index (χ1v) is 8.71. The zero-order valence-electron chi connectivity index (χ0n) is 14.9. The minimum Gasteiger partial charge on any atom is -0.493 e. The van der Waals surface area contributed by atoms with Crippen LogP contribution < -0.4 is 14.8 Å². The number of benzene rings is 2. The Morgan fingerprint density at radius 2 is 2.04 bits per heavy atom. The third kappa shape index (κ3) is 5.37. The zero-order valence-corrected chi connectivity index (χ0v) is 16.5. The third-order valence-corrected chi connectivity index (χ3v) is 4.00. The third-order valence-electron chi connectivity index (χ3n) is 3.54. The Labute approximate surface area is 166 Å². The molecule has 1 amide bonds. The average Bonchev–Trinajstić information content (AvgIpc) is 2.66. The summed E-state index contributed by atoms with van der Waals surface area (Å²) in [7, 11) is 1.49. The molecule has 0 aliphatic carbocycles. The van der Waals surface area contributed by atoms with Crippen LogP contribution in [0.15, 0.2) is 46.4 Å². The summed E-state index contributed by atoms with van der Waals surface area (Å²) in [4.78, 5) is 12.5. The van der Waals surface area contributed by atoms with Gasteiger partial charge in [0, 0.05) is 15.7 Å². The maximum atomic E-state index is 12.5. The Balaban J connectivity index is 2.39. The number of methoxy groups -OCH3 is 1. The molecule has 0 aliphatic rings. The van der Waals surface area contributed by atoms with Gasteiger partial charge in [-0.05, 0) is 37.3 Å². The first kappa shape index (κ1) is 20.1. The lowest BCUT2D eigenvalue weighted by Crippen LogP contribution is -2.13. The van der Waals surface area contributed by atoms with Crippen LogP contribution in [0.1, 0.15) is 11.1 Å². The van der Waals surface area contributed by atoms with Crippen molar-refractivity contribution in [2.24, 2.45) is 0 Å². The van der Waals surface area contributed by atoms with Crippen molar-refractivity contribution in [2.75, 3.05) is 19.0 Å². The van der Waals surface area contributed by atoms with Crippen LogP contribution in [0.2, 0.25) is 0 Å². The topological polar surface area (TPSA) is 71.3 Å². The summed E-state index contributed by atoms with van der Waals surface area (Å²) in [5, 5.41) is 12.1. The van der Waals surface area contributed by atoms with E-state index in [2.05, 4.69) is 27.2 Å². The molecular formula is C21H17BrN2O3. The molecule has 0 fully saturated rings. The fourth-order valence-corrected chi connectivity index (χ4v) is 2.71. The van der Waals surface area contributed by atoms with Gasteiger partial charge in [0.25, 0.3) is 5.91 Å². The normalized spacial score (nSPS) is 10.5. The van der Waals surface area contributed by atoms with Crippen LogP contribution in [0.4, 0.5) is 5.69 Å². The van der Waals surface area contributed by atoms with Gasteiger partial charge < -0.3 is 14.8 Å². The molecule has 2 rings (SSSR count). The predicted octanol–water partition coefficient (Wildman–Crippen LogP) is 4.32. The molecule has 0 unspecified atom stereocenters. The number of nitriles is 1. The van der Waals surface area contributed by atoms with Gasteiger partial charge >= 0.3 is 0 Å². The summed E-state index contributed by atoms with van der Waals surface area (Å²) < 4.78 is 11.6. The molecule has 0 heterocycles. The maximum Gasteiger partial charge on any atom is 0.266 e. The summed E-state index contributed by atoms with van der Waals surface area (Å²) in [6.07, 6.45) is 6.70. The molecular weight excluding hydrogens is 408 g/mol. The number of halogens is 1. The highest BCUT2D eigenvalue weighted by molar-refractivity contribution is 9.10. The van der Waals surface area contributed by atoms with Crippen molar-refractivity contribution in [1.82, 2.24) is 0 Å². The quantitative estimate of drug-likeness (QED) is 0.425. The molecule has 0 radical (unpaired) electrons. The highest BCUT2D eigenvalue weighted by Gasteiger charge is 2.15. The van der Waals surface area contributed by atoms with Gasteiger partial charge in [-0.25, -0.2) is 0 Å². The van der Waals surface area contributed by atoms with Crippen molar-refractivity contribution in [2.45, 2.75) is 6.92 Å². The van der Waals surface area contributed by atoms with Crippen LogP contribution in [-0.2, 0) is 4.79 Å². The van der Waals surface area contributed by atoms with Crippen LogP contribution in [-0.4, -0.2) is 19.6 Å². The highest BCUT2D eigenvalue weighted by Crippen LogP contribution is 2.36. The molecule has 5 nitrogen and oxygen atoms in total. The maximum absolute atomic E-state index is 12.5. The Hall–Kier alpha value is -3.22. The Morgan fingerprint density at radius 1 is 1.33 bits per heavy atom. The zero-order chi connectivity index (χ0) is 19.8. The fourth-order valence-electron chi connectivity index (χ4n) is 2.26. The van der Waals surface area contributed by atoms with Crippen molar-refractivity contribution in [1.29, 1.82) is 5.26 Å². The first-order valence-electron chi connectivity index (χ1n) is 7.92. The van der Waals surface area contributed by atoms with E-state index >= 15 is 0 Å². The lowest BCUT2D eigenvalue weighted by atomic mass is 10.1. The van der Waals surface area contributed by atoms with Crippen LogP contribution in [0, 0.1) is 30.6 Å². The average molecular weight is 425 g/mol.